The van der Waals surface area contributed by atoms with Crippen LogP contribution in [0.15, 0.2) is 24.5 Å². The van der Waals surface area contributed by atoms with Gasteiger partial charge in [0.2, 0.25) is 5.91 Å². The minimum atomic E-state index is 0.158. The third-order valence-corrected chi connectivity index (χ3v) is 3.14. The molecule has 0 fully saturated rings. The maximum absolute atomic E-state index is 11.8. The molecule has 1 amide bonds. The van der Waals surface area contributed by atoms with Gasteiger partial charge in [-0.1, -0.05) is 19.8 Å². The van der Waals surface area contributed by atoms with E-state index in [-0.39, 0.29) is 5.91 Å². The number of carbonyl (C=O) groups excluding carboxylic acids is 1. The maximum Gasteiger partial charge on any atom is 0.236 e. The Balaban J connectivity index is 2.14. The maximum atomic E-state index is 11.8. The average molecular weight is 263 g/mol. The molecule has 0 radical (unpaired) electrons. The lowest BCUT2D eigenvalue weighted by molar-refractivity contribution is -0.128. The summed E-state index contributed by atoms with van der Waals surface area (Å²) in [4.78, 5) is 17.6. The predicted molar refractivity (Wildman–Crippen MR) is 78.0 cm³/mol. The van der Waals surface area contributed by atoms with Gasteiger partial charge in [-0.15, -0.1) is 0 Å². The van der Waals surface area contributed by atoms with Gasteiger partial charge in [-0.2, -0.15) is 0 Å². The Morgan fingerprint density at radius 3 is 2.74 bits per heavy atom. The molecular weight excluding hydrogens is 238 g/mol. The first kappa shape index (κ1) is 15.6. The normalized spacial score (nSPS) is 10.4. The Hall–Kier alpha value is -1.42. The zero-order valence-electron chi connectivity index (χ0n) is 12.1. The van der Waals surface area contributed by atoms with Crippen molar-refractivity contribution in [1.82, 2.24) is 15.2 Å². The molecule has 1 N–H and O–H groups in total. The minimum absolute atomic E-state index is 0.158. The molecule has 1 heterocycles. The number of nitrogens with one attached hydrogen (secondary N) is 1. The summed E-state index contributed by atoms with van der Waals surface area (Å²) >= 11 is 0. The fourth-order valence-electron chi connectivity index (χ4n) is 1.80. The van der Waals surface area contributed by atoms with Gasteiger partial charge in [0, 0.05) is 26.0 Å². The Morgan fingerprint density at radius 2 is 2.05 bits per heavy atom. The lowest BCUT2D eigenvalue weighted by atomic mass is 10.2. The number of carbonyl (C=O) groups is 1. The van der Waals surface area contributed by atoms with Gasteiger partial charge in [0.15, 0.2) is 0 Å². The van der Waals surface area contributed by atoms with Crippen LogP contribution in [0.5, 0.6) is 0 Å². The zero-order chi connectivity index (χ0) is 13.9. The Bertz CT molecular complexity index is 354. The number of rotatable bonds is 9. The molecule has 0 aliphatic carbocycles. The first-order valence-electron chi connectivity index (χ1n) is 7.07. The van der Waals surface area contributed by atoms with Crippen LogP contribution in [-0.4, -0.2) is 42.5 Å². The average Bonchev–Trinajstić information content (AvgIpc) is 2.45. The second-order valence-corrected chi connectivity index (χ2v) is 4.80. The number of aromatic nitrogens is 1. The summed E-state index contributed by atoms with van der Waals surface area (Å²) in [6.07, 6.45) is 8.02. The molecule has 0 saturated heterocycles. The van der Waals surface area contributed by atoms with E-state index in [9.17, 15) is 4.79 Å². The smallest absolute Gasteiger partial charge is 0.236 e. The van der Waals surface area contributed by atoms with Crippen molar-refractivity contribution in [2.24, 2.45) is 0 Å². The number of nitrogens with zero attached hydrogens (tertiary/aromatic N) is 2. The number of hydrogen-bond acceptors (Lipinski definition) is 3. The molecule has 1 aromatic rings. The molecule has 1 rings (SSSR count). The molecule has 106 valence electrons. The van der Waals surface area contributed by atoms with E-state index in [1.165, 1.54) is 18.4 Å². The van der Waals surface area contributed by atoms with Crippen LogP contribution in [0.1, 0.15) is 31.7 Å². The van der Waals surface area contributed by atoms with Gasteiger partial charge in [0.05, 0.1) is 6.54 Å². The Morgan fingerprint density at radius 1 is 1.32 bits per heavy atom. The molecule has 0 spiro atoms. The van der Waals surface area contributed by atoms with Gasteiger partial charge in [-0.3, -0.25) is 9.78 Å². The van der Waals surface area contributed by atoms with Crippen LogP contribution in [0.3, 0.4) is 0 Å². The van der Waals surface area contributed by atoms with E-state index in [0.29, 0.717) is 6.54 Å². The van der Waals surface area contributed by atoms with Crippen LogP contribution in [0, 0.1) is 0 Å². The Labute approximate surface area is 116 Å². The predicted octanol–water partition coefficient (Wildman–Crippen LogP) is 1.86. The second kappa shape index (κ2) is 9.50. The lowest BCUT2D eigenvalue weighted by Gasteiger charge is -2.17. The van der Waals surface area contributed by atoms with Gasteiger partial charge < -0.3 is 10.2 Å². The van der Waals surface area contributed by atoms with E-state index in [4.69, 9.17) is 0 Å². The number of unbranched alkanes of at least 4 members (excludes halogenated alkanes) is 2. The quantitative estimate of drug-likeness (QED) is 0.692. The van der Waals surface area contributed by atoms with Crippen LogP contribution in [0.2, 0.25) is 0 Å². The molecule has 4 nitrogen and oxygen atoms in total. The third kappa shape index (κ3) is 6.91. The van der Waals surface area contributed by atoms with E-state index in [2.05, 4.69) is 17.2 Å². The summed E-state index contributed by atoms with van der Waals surface area (Å²) in [6.45, 7) is 4.30. The summed E-state index contributed by atoms with van der Waals surface area (Å²) < 4.78 is 0. The van der Waals surface area contributed by atoms with Crippen molar-refractivity contribution in [3.05, 3.63) is 30.1 Å². The summed E-state index contributed by atoms with van der Waals surface area (Å²) in [7, 11) is 1.86. The molecular formula is C15H25N3O. The first-order chi connectivity index (χ1) is 9.24. The summed E-state index contributed by atoms with van der Waals surface area (Å²) in [5, 5.41) is 3.20. The molecule has 0 aromatic carbocycles. The summed E-state index contributed by atoms with van der Waals surface area (Å²) in [5.74, 6) is 0.158. The van der Waals surface area contributed by atoms with Gasteiger partial charge in [-0.25, -0.2) is 0 Å². The van der Waals surface area contributed by atoms with Gasteiger partial charge in [0.1, 0.15) is 0 Å². The number of hydrogen-bond donors (Lipinski definition) is 1. The first-order valence-corrected chi connectivity index (χ1v) is 7.07. The van der Waals surface area contributed by atoms with Crippen LogP contribution >= 0.6 is 0 Å². The third-order valence-electron chi connectivity index (χ3n) is 3.14. The van der Waals surface area contributed by atoms with Crippen LogP contribution in [0.4, 0.5) is 0 Å². The molecule has 0 atom stereocenters. The standard InChI is InChI=1S/C15H25N3O/c1-3-4-5-9-17-13-15(19)18(2)12-8-14-6-10-16-11-7-14/h6-7,10-11,17H,3-5,8-9,12-13H2,1-2H3. The highest BCUT2D eigenvalue weighted by Crippen LogP contribution is 1.99. The zero-order valence-corrected chi connectivity index (χ0v) is 12.1. The van der Waals surface area contributed by atoms with Crippen LogP contribution in [-0.2, 0) is 11.2 Å². The largest absolute Gasteiger partial charge is 0.344 e. The molecule has 0 saturated carbocycles. The number of amides is 1. The van der Waals surface area contributed by atoms with Crippen molar-refractivity contribution in [2.75, 3.05) is 26.7 Å². The van der Waals surface area contributed by atoms with E-state index >= 15 is 0 Å². The molecule has 0 bridgehead atoms. The van der Waals surface area contributed by atoms with Crippen molar-refractivity contribution in [1.29, 1.82) is 0 Å². The van der Waals surface area contributed by atoms with Crippen molar-refractivity contribution < 1.29 is 4.79 Å². The fraction of sp³-hybridized carbons (Fsp3) is 0.600. The van der Waals surface area contributed by atoms with Gasteiger partial charge >= 0.3 is 0 Å². The lowest BCUT2D eigenvalue weighted by Crippen LogP contribution is -2.37. The van der Waals surface area contributed by atoms with Crippen LogP contribution in [0.25, 0.3) is 0 Å². The molecule has 0 aliphatic heterocycles. The van der Waals surface area contributed by atoms with E-state index in [1.807, 2.05) is 19.2 Å². The topological polar surface area (TPSA) is 45.2 Å². The molecule has 19 heavy (non-hydrogen) atoms. The van der Waals surface area contributed by atoms with Crippen molar-refractivity contribution in [2.45, 2.75) is 32.6 Å². The molecule has 4 heteroatoms. The highest BCUT2D eigenvalue weighted by molar-refractivity contribution is 5.77. The SMILES string of the molecule is CCCCCNCC(=O)N(C)CCc1ccncc1. The van der Waals surface area contributed by atoms with Crippen molar-refractivity contribution in [3.8, 4) is 0 Å². The van der Waals surface area contributed by atoms with Crippen molar-refractivity contribution >= 4 is 5.91 Å². The van der Waals surface area contributed by atoms with Gasteiger partial charge in [-0.05, 0) is 37.1 Å². The molecule has 1 aromatic heterocycles. The van der Waals surface area contributed by atoms with Gasteiger partial charge in [0.25, 0.3) is 0 Å². The number of likely N-dealkylation sites (N-methyl/N-ethyl adjacent to an activating group) is 1. The highest BCUT2D eigenvalue weighted by Gasteiger charge is 2.07. The van der Waals surface area contributed by atoms with E-state index in [0.717, 1.165) is 25.9 Å². The molecule has 0 unspecified atom stereocenters. The summed E-state index contributed by atoms with van der Waals surface area (Å²) in [6, 6.07) is 3.97. The van der Waals surface area contributed by atoms with Crippen LogP contribution < -0.4 is 5.32 Å². The van der Waals surface area contributed by atoms with E-state index < -0.39 is 0 Å². The second-order valence-electron chi connectivity index (χ2n) is 4.80. The highest BCUT2D eigenvalue weighted by atomic mass is 16.2. The number of pyridine rings is 1. The monoisotopic (exact) mass is 263 g/mol. The fourth-order valence-corrected chi connectivity index (χ4v) is 1.80. The Kier molecular flexibility index (Phi) is 7.82. The minimum Gasteiger partial charge on any atom is -0.344 e. The van der Waals surface area contributed by atoms with E-state index in [1.54, 1.807) is 17.3 Å². The van der Waals surface area contributed by atoms with Crippen molar-refractivity contribution in [3.63, 3.8) is 0 Å². The summed E-state index contributed by atoms with van der Waals surface area (Å²) in [5.41, 5.74) is 1.21. The molecule has 0 aliphatic rings.